The lowest BCUT2D eigenvalue weighted by atomic mass is 10.1. The zero-order valence-electron chi connectivity index (χ0n) is 14.1. The van der Waals surface area contributed by atoms with E-state index in [1.807, 2.05) is 0 Å². The number of nitrogens with two attached hydrogens (primary N) is 1. The summed E-state index contributed by atoms with van der Waals surface area (Å²) in [7, 11) is 0. The van der Waals surface area contributed by atoms with Crippen LogP contribution in [-0.2, 0) is 4.79 Å². The minimum Gasteiger partial charge on any atom is -0.370 e. The monoisotopic (exact) mass is 297 g/mol. The molecule has 3 N–H and O–H groups in total. The molecule has 1 amide bonds. The number of unbranched alkanes of at least 4 members (excludes halogenated alkanes) is 9. The van der Waals surface area contributed by atoms with Gasteiger partial charge in [-0.25, -0.2) is 0 Å². The van der Waals surface area contributed by atoms with E-state index in [2.05, 4.69) is 13.8 Å². The van der Waals surface area contributed by atoms with Crippen LogP contribution < -0.4 is 5.73 Å². The fraction of sp³-hybridized carbons (Fsp3) is 0.882. The molecule has 0 atom stereocenters. The first-order chi connectivity index (χ1) is 10.1. The summed E-state index contributed by atoms with van der Waals surface area (Å²) in [5, 5.41) is 7.47. The number of carbonyl (C=O) groups is 1. The van der Waals surface area contributed by atoms with Crippen molar-refractivity contribution >= 4 is 11.9 Å². The van der Waals surface area contributed by atoms with Crippen molar-refractivity contribution in [2.75, 3.05) is 6.54 Å². The molecular formula is C17H35N3O. The van der Waals surface area contributed by atoms with Crippen LogP contribution >= 0.6 is 0 Å². The number of guanidine groups is 1. The first-order valence-corrected chi connectivity index (χ1v) is 8.77. The van der Waals surface area contributed by atoms with E-state index in [9.17, 15) is 4.79 Å². The fourth-order valence-electron chi connectivity index (χ4n) is 2.42. The Labute approximate surface area is 131 Å². The van der Waals surface area contributed by atoms with Crippen molar-refractivity contribution in [3.8, 4) is 0 Å². The molecule has 4 nitrogen and oxygen atoms in total. The summed E-state index contributed by atoms with van der Waals surface area (Å²) in [5.41, 5.74) is 5.48. The number of carbonyl (C=O) groups excluding carboxylic acids is 1. The molecule has 0 aliphatic rings. The molecule has 0 unspecified atom stereocenters. The molecule has 0 aromatic rings. The van der Waals surface area contributed by atoms with Gasteiger partial charge in [-0.3, -0.25) is 15.1 Å². The lowest BCUT2D eigenvalue weighted by Gasteiger charge is -2.20. The van der Waals surface area contributed by atoms with E-state index in [0.29, 0.717) is 13.0 Å². The van der Waals surface area contributed by atoms with Crippen LogP contribution in [0.25, 0.3) is 0 Å². The molecule has 0 rings (SSSR count). The van der Waals surface area contributed by atoms with Crippen LogP contribution in [0.2, 0.25) is 0 Å². The number of amides is 1. The van der Waals surface area contributed by atoms with Crippen LogP contribution in [0.3, 0.4) is 0 Å². The third-order valence-corrected chi connectivity index (χ3v) is 3.82. The highest BCUT2D eigenvalue weighted by molar-refractivity contribution is 5.94. The first kappa shape index (κ1) is 19.9. The summed E-state index contributed by atoms with van der Waals surface area (Å²) >= 11 is 0. The van der Waals surface area contributed by atoms with E-state index in [-0.39, 0.29) is 11.9 Å². The van der Waals surface area contributed by atoms with Gasteiger partial charge >= 0.3 is 0 Å². The minimum atomic E-state index is -0.107. The first-order valence-electron chi connectivity index (χ1n) is 8.77. The molecule has 0 spiro atoms. The second-order valence-electron chi connectivity index (χ2n) is 5.86. The standard InChI is InChI=1S/C17H35N3O/c1-3-5-7-8-9-10-11-12-13-14-16(21)20(17(18)19)15-6-4-2/h3-15H2,1-2H3,(H3,18,19). The van der Waals surface area contributed by atoms with E-state index < -0.39 is 0 Å². The van der Waals surface area contributed by atoms with E-state index in [1.54, 1.807) is 0 Å². The molecule has 0 bridgehead atoms. The van der Waals surface area contributed by atoms with Crippen molar-refractivity contribution in [3.63, 3.8) is 0 Å². The van der Waals surface area contributed by atoms with Gasteiger partial charge in [-0.1, -0.05) is 71.6 Å². The fourth-order valence-corrected chi connectivity index (χ4v) is 2.42. The predicted octanol–water partition coefficient (Wildman–Crippen LogP) is 4.43. The molecule has 21 heavy (non-hydrogen) atoms. The number of hydrogen-bond acceptors (Lipinski definition) is 2. The maximum atomic E-state index is 12.0. The largest absolute Gasteiger partial charge is 0.370 e. The van der Waals surface area contributed by atoms with Gasteiger partial charge in [0.15, 0.2) is 5.96 Å². The molecule has 0 radical (unpaired) electrons. The van der Waals surface area contributed by atoms with Crippen molar-refractivity contribution in [1.82, 2.24) is 4.90 Å². The Kier molecular flexibility index (Phi) is 13.2. The second kappa shape index (κ2) is 13.9. The summed E-state index contributed by atoms with van der Waals surface area (Å²) in [6, 6.07) is 0. The Morgan fingerprint density at radius 2 is 1.33 bits per heavy atom. The molecular weight excluding hydrogens is 262 g/mol. The molecule has 0 fully saturated rings. The van der Waals surface area contributed by atoms with Crippen molar-refractivity contribution in [1.29, 1.82) is 5.41 Å². The van der Waals surface area contributed by atoms with Crippen LogP contribution in [0.4, 0.5) is 0 Å². The van der Waals surface area contributed by atoms with E-state index in [0.717, 1.165) is 25.7 Å². The zero-order valence-corrected chi connectivity index (χ0v) is 14.1. The molecule has 124 valence electrons. The lowest BCUT2D eigenvalue weighted by Crippen LogP contribution is -2.41. The maximum Gasteiger partial charge on any atom is 0.229 e. The molecule has 0 aromatic heterocycles. The van der Waals surface area contributed by atoms with Gasteiger partial charge in [0, 0.05) is 13.0 Å². The topological polar surface area (TPSA) is 70.2 Å². The molecule has 0 heterocycles. The maximum absolute atomic E-state index is 12.0. The molecule has 0 aliphatic carbocycles. The van der Waals surface area contributed by atoms with E-state index in [1.165, 1.54) is 49.8 Å². The molecule has 0 aromatic carbocycles. The highest BCUT2D eigenvalue weighted by Gasteiger charge is 2.14. The van der Waals surface area contributed by atoms with Gasteiger partial charge in [0.1, 0.15) is 0 Å². The van der Waals surface area contributed by atoms with Gasteiger partial charge in [-0.15, -0.1) is 0 Å². The minimum absolute atomic E-state index is 0.0129. The molecule has 0 saturated heterocycles. The Balaban J connectivity index is 3.60. The second-order valence-corrected chi connectivity index (χ2v) is 5.86. The number of nitrogens with zero attached hydrogens (tertiary/aromatic N) is 1. The van der Waals surface area contributed by atoms with Gasteiger partial charge in [0.05, 0.1) is 0 Å². The molecule has 0 aliphatic heterocycles. The van der Waals surface area contributed by atoms with Crippen molar-refractivity contribution < 1.29 is 4.79 Å². The van der Waals surface area contributed by atoms with E-state index >= 15 is 0 Å². The predicted molar refractivity (Wildman–Crippen MR) is 90.4 cm³/mol. The summed E-state index contributed by atoms with van der Waals surface area (Å²) in [4.78, 5) is 13.4. The average Bonchev–Trinajstić information content (AvgIpc) is 2.45. The third kappa shape index (κ3) is 11.3. The Morgan fingerprint density at radius 3 is 1.81 bits per heavy atom. The van der Waals surface area contributed by atoms with Crippen molar-refractivity contribution in [2.24, 2.45) is 5.73 Å². The van der Waals surface area contributed by atoms with Gasteiger partial charge in [-0.2, -0.15) is 0 Å². The van der Waals surface area contributed by atoms with Crippen LogP contribution in [-0.4, -0.2) is 23.3 Å². The Morgan fingerprint density at radius 1 is 0.857 bits per heavy atom. The summed E-state index contributed by atoms with van der Waals surface area (Å²) in [6.07, 6.45) is 13.7. The summed E-state index contributed by atoms with van der Waals surface area (Å²) in [6.45, 7) is 4.90. The van der Waals surface area contributed by atoms with Crippen LogP contribution in [0.5, 0.6) is 0 Å². The highest BCUT2D eigenvalue weighted by atomic mass is 16.2. The van der Waals surface area contributed by atoms with Crippen LogP contribution in [0.15, 0.2) is 0 Å². The van der Waals surface area contributed by atoms with Gasteiger partial charge in [-0.05, 0) is 12.8 Å². The highest BCUT2D eigenvalue weighted by Crippen LogP contribution is 2.11. The smallest absolute Gasteiger partial charge is 0.229 e. The summed E-state index contributed by atoms with van der Waals surface area (Å²) < 4.78 is 0. The molecule has 0 saturated carbocycles. The van der Waals surface area contributed by atoms with Gasteiger partial charge < -0.3 is 5.73 Å². The van der Waals surface area contributed by atoms with Crippen LogP contribution in [0, 0.1) is 5.41 Å². The Bertz CT molecular complexity index is 279. The normalized spacial score (nSPS) is 10.6. The number of rotatable bonds is 13. The Hall–Kier alpha value is -1.06. The number of nitrogens with one attached hydrogen (secondary N) is 1. The molecule has 4 heteroatoms. The quantitative estimate of drug-likeness (QED) is 0.300. The van der Waals surface area contributed by atoms with Gasteiger partial charge in [0.25, 0.3) is 0 Å². The number of hydrogen-bond donors (Lipinski definition) is 2. The third-order valence-electron chi connectivity index (χ3n) is 3.82. The lowest BCUT2D eigenvalue weighted by molar-refractivity contribution is -0.127. The SMILES string of the molecule is CCCCCCCCCCCC(=O)N(CCCC)C(=N)N. The summed E-state index contributed by atoms with van der Waals surface area (Å²) in [5.74, 6) is -0.0942. The van der Waals surface area contributed by atoms with Crippen molar-refractivity contribution in [3.05, 3.63) is 0 Å². The van der Waals surface area contributed by atoms with Gasteiger partial charge in [0.2, 0.25) is 5.91 Å². The zero-order chi connectivity index (χ0) is 15.9. The van der Waals surface area contributed by atoms with Crippen LogP contribution in [0.1, 0.15) is 90.9 Å². The van der Waals surface area contributed by atoms with E-state index in [4.69, 9.17) is 11.1 Å². The van der Waals surface area contributed by atoms with Crippen molar-refractivity contribution in [2.45, 2.75) is 90.9 Å². The average molecular weight is 297 g/mol.